The molecule has 0 aliphatic rings. The number of hydrogen-bond acceptors (Lipinski definition) is 4. The summed E-state index contributed by atoms with van der Waals surface area (Å²) >= 11 is 0. The van der Waals surface area contributed by atoms with Crippen LogP contribution in [0.5, 0.6) is 0 Å². The lowest BCUT2D eigenvalue weighted by Crippen LogP contribution is -2.24. The van der Waals surface area contributed by atoms with Gasteiger partial charge in [0.25, 0.3) is 0 Å². The Kier molecular flexibility index (Phi) is 3.35. The number of hydrogen-bond donors (Lipinski definition) is 2. The number of anilines is 1. The van der Waals surface area contributed by atoms with Crippen LogP contribution in [0.4, 0.5) is 5.82 Å². The van der Waals surface area contributed by atoms with E-state index in [1.165, 1.54) is 10.9 Å². The van der Waals surface area contributed by atoms with Gasteiger partial charge in [-0.25, -0.2) is 17.8 Å². The van der Waals surface area contributed by atoms with Gasteiger partial charge in [0.1, 0.15) is 10.7 Å². The lowest BCUT2D eigenvalue weighted by atomic mass is 10.4. The van der Waals surface area contributed by atoms with Crippen molar-refractivity contribution in [1.29, 1.82) is 0 Å². The highest BCUT2D eigenvalue weighted by Crippen LogP contribution is 2.20. The fourth-order valence-corrected chi connectivity index (χ4v) is 2.33. The zero-order chi connectivity index (χ0) is 11.6. The molecule has 0 spiro atoms. The van der Waals surface area contributed by atoms with Crippen LogP contribution >= 0.6 is 0 Å². The highest BCUT2D eigenvalue weighted by Gasteiger charge is 2.21. The van der Waals surface area contributed by atoms with Gasteiger partial charge in [0, 0.05) is 12.6 Å². The van der Waals surface area contributed by atoms with Gasteiger partial charge in [-0.15, -0.1) is 0 Å². The molecule has 0 saturated heterocycles. The second kappa shape index (κ2) is 4.19. The molecule has 0 saturated carbocycles. The molecule has 0 amide bonds. The van der Waals surface area contributed by atoms with E-state index in [0.717, 1.165) is 0 Å². The minimum Gasteiger partial charge on any atom is -0.383 e. The molecule has 1 rings (SSSR count). The molecule has 15 heavy (non-hydrogen) atoms. The van der Waals surface area contributed by atoms with Gasteiger partial charge in [-0.1, -0.05) is 6.92 Å². The first-order valence-electron chi connectivity index (χ1n) is 4.72. The Morgan fingerprint density at radius 3 is 2.60 bits per heavy atom. The van der Waals surface area contributed by atoms with E-state index < -0.39 is 10.0 Å². The highest BCUT2D eigenvalue weighted by molar-refractivity contribution is 7.89. The largest absolute Gasteiger partial charge is 0.383 e. The monoisotopic (exact) mass is 232 g/mol. The lowest BCUT2D eigenvalue weighted by molar-refractivity contribution is 0.539. The van der Waals surface area contributed by atoms with Gasteiger partial charge in [-0.05, 0) is 13.8 Å². The normalized spacial score (nSPS) is 12.3. The van der Waals surface area contributed by atoms with Crippen molar-refractivity contribution in [2.24, 2.45) is 0 Å². The minimum atomic E-state index is -3.51. The Labute approximate surface area is 89.5 Å². The second-order valence-electron chi connectivity index (χ2n) is 3.43. The second-order valence-corrected chi connectivity index (χ2v) is 5.17. The Hall–Kier alpha value is -1.08. The van der Waals surface area contributed by atoms with Gasteiger partial charge < -0.3 is 5.73 Å². The fraction of sp³-hybridized carbons (Fsp3) is 0.625. The molecule has 0 aliphatic carbocycles. The molecule has 3 N–H and O–H groups in total. The van der Waals surface area contributed by atoms with Gasteiger partial charge in [0.05, 0.1) is 6.20 Å². The average Bonchev–Trinajstić information content (AvgIpc) is 2.47. The number of nitrogen functional groups attached to an aromatic ring is 1. The van der Waals surface area contributed by atoms with Crippen molar-refractivity contribution in [2.75, 3.05) is 12.3 Å². The van der Waals surface area contributed by atoms with Crippen molar-refractivity contribution < 1.29 is 8.42 Å². The quantitative estimate of drug-likeness (QED) is 0.783. The van der Waals surface area contributed by atoms with Gasteiger partial charge in [-0.2, -0.15) is 5.10 Å². The molecule has 0 aromatic carbocycles. The van der Waals surface area contributed by atoms with Gasteiger partial charge in [-0.3, -0.25) is 0 Å². The van der Waals surface area contributed by atoms with E-state index in [1.54, 1.807) is 6.92 Å². The molecule has 0 fully saturated rings. The molecule has 1 heterocycles. The summed E-state index contributed by atoms with van der Waals surface area (Å²) in [6, 6.07) is 0.0376. The van der Waals surface area contributed by atoms with E-state index in [2.05, 4.69) is 9.82 Å². The van der Waals surface area contributed by atoms with Crippen LogP contribution in [-0.4, -0.2) is 24.7 Å². The third kappa shape index (κ3) is 2.29. The molecule has 1 aromatic heterocycles. The summed E-state index contributed by atoms with van der Waals surface area (Å²) in [4.78, 5) is 0.0399. The number of nitrogens with zero attached hydrogens (tertiary/aromatic N) is 2. The van der Waals surface area contributed by atoms with Gasteiger partial charge in [0.2, 0.25) is 10.0 Å². The van der Waals surface area contributed by atoms with Crippen LogP contribution in [0, 0.1) is 0 Å². The molecule has 0 atom stereocenters. The van der Waals surface area contributed by atoms with Crippen molar-refractivity contribution in [3.05, 3.63) is 6.20 Å². The number of nitrogens with one attached hydrogen (secondary N) is 1. The fourth-order valence-electron chi connectivity index (χ4n) is 1.24. The van der Waals surface area contributed by atoms with E-state index in [4.69, 9.17) is 5.73 Å². The van der Waals surface area contributed by atoms with E-state index in [-0.39, 0.29) is 16.8 Å². The van der Waals surface area contributed by atoms with Crippen LogP contribution in [0.2, 0.25) is 0 Å². The minimum absolute atomic E-state index is 0.0376. The highest BCUT2D eigenvalue weighted by atomic mass is 32.2. The maximum Gasteiger partial charge on any atom is 0.245 e. The molecule has 0 aliphatic heterocycles. The molecule has 7 heteroatoms. The van der Waals surface area contributed by atoms with Crippen LogP contribution in [0.1, 0.15) is 26.8 Å². The predicted octanol–water partition coefficient (Wildman–Crippen LogP) is 0.344. The van der Waals surface area contributed by atoms with Crippen molar-refractivity contribution >= 4 is 15.8 Å². The van der Waals surface area contributed by atoms with Crippen molar-refractivity contribution in [3.63, 3.8) is 0 Å². The summed E-state index contributed by atoms with van der Waals surface area (Å²) in [5, 5.41) is 3.94. The standard InChI is InChI=1S/C8H16N4O2S/c1-4-11-15(13,14)7-5-10-12(6(2)3)8(7)9/h5-6,11H,4,9H2,1-3H3. The zero-order valence-corrected chi connectivity index (χ0v) is 9.87. The summed E-state index contributed by atoms with van der Waals surface area (Å²) in [7, 11) is -3.51. The number of nitrogens with two attached hydrogens (primary N) is 1. The Morgan fingerprint density at radius 1 is 1.60 bits per heavy atom. The van der Waals surface area contributed by atoms with Crippen LogP contribution in [0.25, 0.3) is 0 Å². The third-order valence-electron chi connectivity index (χ3n) is 1.91. The summed E-state index contributed by atoms with van der Waals surface area (Å²) in [6.45, 7) is 5.80. The smallest absolute Gasteiger partial charge is 0.245 e. The molecular formula is C8H16N4O2S. The first-order chi connectivity index (χ1) is 6.90. The average molecular weight is 232 g/mol. The van der Waals surface area contributed by atoms with E-state index in [9.17, 15) is 8.42 Å². The summed E-state index contributed by atoms with van der Waals surface area (Å²) in [5.74, 6) is 0.172. The first-order valence-corrected chi connectivity index (χ1v) is 6.21. The maximum atomic E-state index is 11.6. The zero-order valence-electron chi connectivity index (χ0n) is 9.06. The Morgan fingerprint density at radius 2 is 2.20 bits per heavy atom. The Balaban J connectivity index is 3.18. The summed E-state index contributed by atoms with van der Waals surface area (Å²) < 4.78 is 27.1. The molecule has 0 unspecified atom stereocenters. The van der Waals surface area contributed by atoms with E-state index in [0.29, 0.717) is 6.54 Å². The van der Waals surface area contributed by atoms with Gasteiger partial charge in [0.15, 0.2) is 0 Å². The van der Waals surface area contributed by atoms with Gasteiger partial charge >= 0.3 is 0 Å². The molecular weight excluding hydrogens is 216 g/mol. The van der Waals surface area contributed by atoms with E-state index >= 15 is 0 Å². The molecule has 1 aromatic rings. The van der Waals surface area contributed by atoms with Crippen molar-refractivity contribution in [3.8, 4) is 0 Å². The van der Waals surface area contributed by atoms with Crippen LogP contribution in [0.15, 0.2) is 11.1 Å². The van der Waals surface area contributed by atoms with Crippen LogP contribution in [0.3, 0.4) is 0 Å². The topological polar surface area (TPSA) is 90.0 Å². The molecule has 0 bridgehead atoms. The third-order valence-corrected chi connectivity index (χ3v) is 3.47. The number of rotatable bonds is 4. The lowest BCUT2D eigenvalue weighted by Gasteiger charge is -2.08. The number of sulfonamides is 1. The van der Waals surface area contributed by atoms with E-state index in [1.807, 2.05) is 13.8 Å². The first kappa shape index (κ1) is 12.0. The molecule has 86 valence electrons. The van der Waals surface area contributed by atoms with Crippen molar-refractivity contribution in [2.45, 2.75) is 31.7 Å². The SMILES string of the molecule is CCNS(=O)(=O)c1cnn(C(C)C)c1N. The summed E-state index contributed by atoms with van der Waals surface area (Å²) in [6.07, 6.45) is 1.27. The summed E-state index contributed by atoms with van der Waals surface area (Å²) in [5.41, 5.74) is 5.70. The molecule has 6 nitrogen and oxygen atoms in total. The number of aromatic nitrogens is 2. The van der Waals surface area contributed by atoms with Crippen LogP contribution in [-0.2, 0) is 10.0 Å². The molecule has 0 radical (unpaired) electrons. The Bertz CT molecular complexity index is 435. The van der Waals surface area contributed by atoms with Crippen LogP contribution < -0.4 is 10.5 Å². The van der Waals surface area contributed by atoms with Crippen molar-refractivity contribution in [1.82, 2.24) is 14.5 Å². The maximum absolute atomic E-state index is 11.6. The predicted molar refractivity (Wildman–Crippen MR) is 57.9 cm³/mol.